The van der Waals surface area contributed by atoms with Gasteiger partial charge in [0, 0.05) is 24.7 Å². The van der Waals surface area contributed by atoms with Crippen molar-refractivity contribution < 1.29 is 13.9 Å². The van der Waals surface area contributed by atoms with Gasteiger partial charge >= 0.3 is 0 Å². The van der Waals surface area contributed by atoms with Crippen molar-refractivity contribution in [3.63, 3.8) is 0 Å². The minimum absolute atomic E-state index is 0.0743. The number of carbonyl (C=O) groups is 1. The van der Waals surface area contributed by atoms with Crippen molar-refractivity contribution in [1.29, 1.82) is 0 Å². The fourth-order valence-corrected chi connectivity index (χ4v) is 3.66. The summed E-state index contributed by atoms with van der Waals surface area (Å²) in [5.74, 6) is 2.10. The van der Waals surface area contributed by atoms with Crippen LogP contribution in [0.25, 0.3) is 0 Å². The predicted octanol–water partition coefficient (Wildman–Crippen LogP) is 4.04. The van der Waals surface area contributed by atoms with Crippen LogP contribution in [-0.2, 0) is 6.42 Å². The zero-order chi connectivity index (χ0) is 19.3. The molecule has 3 aromatic rings. The highest BCUT2D eigenvalue weighted by molar-refractivity contribution is 5.92. The van der Waals surface area contributed by atoms with E-state index < -0.39 is 0 Å². The largest absolute Gasteiger partial charge is 0.496 e. The normalized spacial score (nSPS) is 16.8. The zero-order valence-electron chi connectivity index (χ0n) is 15.9. The number of ether oxygens (including phenoxy) is 1. The molecule has 1 aliphatic rings. The third-order valence-corrected chi connectivity index (χ3v) is 5.06. The van der Waals surface area contributed by atoms with Crippen LogP contribution in [0.5, 0.6) is 5.75 Å². The first-order valence-corrected chi connectivity index (χ1v) is 9.55. The molecule has 4 rings (SSSR count). The van der Waals surface area contributed by atoms with Crippen LogP contribution in [0.4, 0.5) is 0 Å². The first-order valence-electron chi connectivity index (χ1n) is 9.55. The number of likely N-dealkylation sites (tertiary alicyclic amines) is 1. The standard InChI is InChI=1S/C22H23N3O3/c1-27-20-11-3-2-8-16(20)14-17-15-24-21(28-17)19-10-5-7-13-25(19)22(26)18-9-4-6-12-23-18/h2-4,6,8-9,11-12,15,19H,5,7,10,13-14H2,1H3. The van der Waals surface area contributed by atoms with Crippen LogP contribution in [0.2, 0.25) is 0 Å². The number of rotatable bonds is 5. The van der Waals surface area contributed by atoms with Gasteiger partial charge in [0.15, 0.2) is 0 Å². The van der Waals surface area contributed by atoms with E-state index in [9.17, 15) is 4.79 Å². The molecule has 1 aromatic carbocycles. The number of piperidine rings is 1. The first-order chi connectivity index (χ1) is 13.8. The summed E-state index contributed by atoms with van der Waals surface area (Å²) in [6.45, 7) is 0.685. The van der Waals surface area contributed by atoms with Gasteiger partial charge in [-0.2, -0.15) is 0 Å². The van der Waals surface area contributed by atoms with Crippen LogP contribution < -0.4 is 4.74 Å². The smallest absolute Gasteiger partial charge is 0.273 e. The van der Waals surface area contributed by atoms with Crippen molar-refractivity contribution in [2.75, 3.05) is 13.7 Å². The van der Waals surface area contributed by atoms with E-state index in [-0.39, 0.29) is 11.9 Å². The van der Waals surface area contributed by atoms with E-state index in [4.69, 9.17) is 9.15 Å². The Labute approximate surface area is 164 Å². The predicted molar refractivity (Wildman–Crippen MR) is 104 cm³/mol. The van der Waals surface area contributed by atoms with Crippen molar-refractivity contribution >= 4 is 5.91 Å². The Balaban J connectivity index is 1.55. The Morgan fingerprint density at radius 1 is 1.18 bits per heavy atom. The van der Waals surface area contributed by atoms with E-state index in [0.717, 1.165) is 36.3 Å². The molecule has 0 aliphatic carbocycles. The van der Waals surface area contributed by atoms with Gasteiger partial charge in [-0.05, 0) is 37.5 Å². The number of benzene rings is 1. The Morgan fingerprint density at radius 3 is 2.86 bits per heavy atom. The Morgan fingerprint density at radius 2 is 2.04 bits per heavy atom. The Bertz CT molecular complexity index is 939. The van der Waals surface area contributed by atoms with Gasteiger partial charge < -0.3 is 14.1 Å². The lowest BCUT2D eigenvalue weighted by Crippen LogP contribution is -2.39. The number of pyridine rings is 1. The number of aromatic nitrogens is 2. The number of hydrogen-bond donors (Lipinski definition) is 0. The molecule has 144 valence electrons. The minimum Gasteiger partial charge on any atom is -0.496 e. The monoisotopic (exact) mass is 377 g/mol. The number of carbonyl (C=O) groups excluding carboxylic acids is 1. The van der Waals surface area contributed by atoms with Gasteiger partial charge in [0.2, 0.25) is 5.89 Å². The summed E-state index contributed by atoms with van der Waals surface area (Å²) in [6, 6.07) is 13.1. The number of oxazole rings is 1. The second kappa shape index (κ2) is 8.25. The molecule has 28 heavy (non-hydrogen) atoms. The van der Waals surface area contributed by atoms with Crippen LogP contribution in [0, 0.1) is 0 Å². The average Bonchev–Trinajstić information content (AvgIpc) is 3.22. The molecule has 2 aromatic heterocycles. The van der Waals surface area contributed by atoms with Crippen LogP contribution in [-0.4, -0.2) is 34.4 Å². The number of para-hydroxylation sites is 1. The number of amides is 1. The highest BCUT2D eigenvalue weighted by atomic mass is 16.5. The molecule has 3 heterocycles. The summed E-state index contributed by atoms with van der Waals surface area (Å²) in [6.07, 6.45) is 6.85. The fourth-order valence-electron chi connectivity index (χ4n) is 3.66. The highest BCUT2D eigenvalue weighted by Gasteiger charge is 2.32. The topological polar surface area (TPSA) is 68.5 Å². The summed E-state index contributed by atoms with van der Waals surface area (Å²) in [5.41, 5.74) is 1.49. The molecule has 1 amide bonds. The first kappa shape index (κ1) is 18.2. The number of hydrogen-bond acceptors (Lipinski definition) is 5. The van der Waals surface area contributed by atoms with E-state index >= 15 is 0 Å². The van der Waals surface area contributed by atoms with Crippen molar-refractivity contribution in [3.05, 3.63) is 77.8 Å². The molecule has 0 saturated carbocycles. The van der Waals surface area contributed by atoms with E-state index in [1.807, 2.05) is 41.3 Å². The van der Waals surface area contributed by atoms with Gasteiger partial charge in [-0.3, -0.25) is 9.78 Å². The molecule has 0 radical (unpaired) electrons. The number of methoxy groups -OCH3 is 1. The maximum atomic E-state index is 12.9. The van der Waals surface area contributed by atoms with E-state index in [1.54, 1.807) is 25.6 Å². The molecular weight excluding hydrogens is 354 g/mol. The average molecular weight is 377 g/mol. The third kappa shape index (κ3) is 3.76. The van der Waals surface area contributed by atoms with Gasteiger partial charge in [0.25, 0.3) is 5.91 Å². The summed E-state index contributed by atoms with van der Waals surface area (Å²) < 4.78 is 11.5. The molecular formula is C22H23N3O3. The summed E-state index contributed by atoms with van der Waals surface area (Å²) in [5, 5.41) is 0. The second-order valence-corrected chi connectivity index (χ2v) is 6.88. The lowest BCUT2D eigenvalue weighted by molar-refractivity contribution is 0.0564. The van der Waals surface area contributed by atoms with E-state index in [2.05, 4.69) is 9.97 Å². The molecule has 0 spiro atoms. The summed E-state index contributed by atoms with van der Waals surface area (Å²) in [4.78, 5) is 23.5. The Hall–Kier alpha value is -3.15. The fraction of sp³-hybridized carbons (Fsp3) is 0.318. The molecule has 0 bridgehead atoms. The second-order valence-electron chi connectivity index (χ2n) is 6.88. The SMILES string of the molecule is COc1ccccc1Cc1cnc(C2CCCCN2C(=O)c2ccccn2)o1. The molecule has 1 fully saturated rings. The van der Waals surface area contributed by atoms with Crippen LogP contribution in [0.1, 0.15) is 53.0 Å². The maximum Gasteiger partial charge on any atom is 0.273 e. The van der Waals surface area contributed by atoms with Crippen molar-refractivity contribution in [3.8, 4) is 5.75 Å². The van der Waals surface area contributed by atoms with E-state index in [1.165, 1.54) is 0 Å². The van der Waals surface area contributed by atoms with Crippen LogP contribution >= 0.6 is 0 Å². The van der Waals surface area contributed by atoms with Crippen LogP contribution in [0.15, 0.2) is 59.3 Å². The summed E-state index contributed by atoms with van der Waals surface area (Å²) >= 11 is 0. The maximum absolute atomic E-state index is 12.9. The molecule has 1 unspecified atom stereocenters. The van der Waals surface area contributed by atoms with Gasteiger partial charge in [-0.15, -0.1) is 0 Å². The van der Waals surface area contributed by atoms with E-state index in [0.29, 0.717) is 24.6 Å². The van der Waals surface area contributed by atoms with Crippen molar-refractivity contribution in [1.82, 2.24) is 14.9 Å². The van der Waals surface area contributed by atoms with Crippen molar-refractivity contribution in [2.45, 2.75) is 31.7 Å². The molecule has 6 heteroatoms. The minimum atomic E-state index is -0.158. The highest BCUT2D eigenvalue weighted by Crippen LogP contribution is 2.32. The molecule has 1 aliphatic heterocycles. The zero-order valence-corrected chi connectivity index (χ0v) is 15.9. The molecule has 1 saturated heterocycles. The van der Waals surface area contributed by atoms with Gasteiger partial charge in [0.1, 0.15) is 23.2 Å². The quantitative estimate of drug-likeness (QED) is 0.671. The number of nitrogens with zero attached hydrogens (tertiary/aromatic N) is 3. The lowest BCUT2D eigenvalue weighted by Gasteiger charge is -2.33. The molecule has 1 atom stereocenters. The Kier molecular flexibility index (Phi) is 5.37. The lowest BCUT2D eigenvalue weighted by atomic mass is 10.0. The molecule has 0 N–H and O–H groups in total. The van der Waals surface area contributed by atoms with Gasteiger partial charge in [-0.25, -0.2) is 4.98 Å². The third-order valence-electron chi connectivity index (χ3n) is 5.06. The van der Waals surface area contributed by atoms with Crippen LogP contribution in [0.3, 0.4) is 0 Å². The van der Waals surface area contributed by atoms with Gasteiger partial charge in [-0.1, -0.05) is 24.3 Å². The molecule has 6 nitrogen and oxygen atoms in total. The van der Waals surface area contributed by atoms with Crippen molar-refractivity contribution in [2.24, 2.45) is 0 Å². The van der Waals surface area contributed by atoms with Gasteiger partial charge in [0.05, 0.1) is 13.3 Å². The summed E-state index contributed by atoms with van der Waals surface area (Å²) in [7, 11) is 1.66.